The molecule has 2 aromatic carbocycles. The van der Waals surface area contributed by atoms with E-state index in [2.05, 4.69) is 10.5 Å². The van der Waals surface area contributed by atoms with Crippen molar-refractivity contribution in [2.45, 2.75) is 13.2 Å². The number of aromatic nitrogens is 2. The number of fused-ring (bicyclic) bond motifs is 1. The highest BCUT2D eigenvalue weighted by Crippen LogP contribution is 2.23. The normalized spacial score (nSPS) is 10.8. The molecule has 1 N–H and O–H groups in total. The molecule has 0 bridgehead atoms. The fourth-order valence-electron chi connectivity index (χ4n) is 2.27. The summed E-state index contributed by atoms with van der Waals surface area (Å²) < 4.78 is 1.16. The minimum absolute atomic E-state index is 0.225. The van der Waals surface area contributed by atoms with Gasteiger partial charge in [0, 0.05) is 5.02 Å². The van der Waals surface area contributed by atoms with E-state index in [0.717, 1.165) is 10.1 Å². The average molecular weight is 378 g/mol. The lowest BCUT2D eigenvalue weighted by atomic mass is 10.2. The lowest BCUT2D eigenvalue weighted by Gasteiger charge is -2.09. The Morgan fingerprint density at radius 3 is 2.72 bits per heavy atom. The Labute approximate surface area is 152 Å². The van der Waals surface area contributed by atoms with E-state index >= 15 is 0 Å². The zero-order valence-electron chi connectivity index (χ0n) is 12.9. The van der Waals surface area contributed by atoms with E-state index in [4.69, 9.17) is 28.0 Å². The van der Waals surface area contributed by atoms with Gasteiger partial charge in [-0.05, 0) is 17.7 Å². The molecular weight excluding hydrogens is 365 g/mol. The van der Waals surface area contributed by atoms with Crippen molar-refractivity contribution in [3.05, 3.63) is 74.8 Å². The maximum absolute atomic E-state index is 12.4. The quantitative estimate of drug-likeness (QED) is 0.693. The molecule has 8 heteroatoms. The monoisotopic (exact) mass is 377 g/mol. The third-order valence-corrected chi connectivity index (χ3v) is 3.93. The zero-order chi connectivity index (χ0) is 17.8. The van der Waals surface area contributed by atoms with Gasteiger partial charge in [0.1, 0.15) is 6.54 Å². The number of nitrogens with one attached hydrogen (secondary N) is 1. The van der Waals surface area contributed by atoms with Crippen LogP contribution < -0.4 is 11.0 Å². The van der Waals surface area contributed by atoms with E-state index < -0.39 is 11.5 Å². The number of nitrogens with zero attached hydrogens (tertiary/aromatic N) is 2. The highest BCUT2D eigenvalue weighted by Gasteiger charge is 2.11. The molecule has 0 saturated carbocycles. The van der Waals surface area contributed by atoms with Crippen LogP contribution in [0.1, 0.15) is 5.56 Å². The minimum atomic E-state index is -0.479. The second-order valence-corrected chi connectivity index (χ2v) is 6.10. The smallest absolute Gasteiger partial charge is 0.263 e. The van der Waals surface area contributed by atoms with E-state index in [1.165, 1.54) is 18.5 Å². The Morgan fingerprint density at radius 2 is 1.96 bits per heavy atom. The molecule has 0 atom stereocenters. The maximum Gasteiger partial charge on any atom is 0.263 e. The van der Waals surface area contributed by atoms with Gasteiger partial charge < -0.3 is 0 Å². The molecule has 0 fully saturated rings. The molecule has 0 spiro atoms. The molecule has 0 radical (unpaired) electrons. The summed E-state index contributed by atoms with van der Waals surface area (Å²) in [5.41, 5.74) is 3.14. The van der Waals surface area contributed by atoms with Crippen molar-refractivity contribution in [3.63, 3.8) is 0 Å². The van der Waals surface area contributed by atoms with Crippen LogP contribution in [0.2, 0.25) is 10.0 Å². The topological polar surface area (TPSA) is 73.2 Å². The highest BCUT2D eigenvalue weighted by atomic mass is 35.5. The molecule has 0 aliphatic rings. The van der Waals surface area contributed by atoms with Crippen molar-refractivity contribution >= 4 is 40.0 Å². The SMILES string of the molecule is O=C(Cn1cnc2c(Cl)cc(Cl)cc2c1=O)NOCc1ccccc1. The molecule has 1 heterocycles. The van der Waals surface area contributed by atoms with Crippen LogP contribution >= 0.6 is 23.2 Å². The lowest BCUT2D eigenvalue weighted by Crippen LogP contribution is -2.32. The standard InChI is InChI=1S/C17H13Cl2N3O3/c18-12-6-13-16(14(19)7-12)20-10-22(17(13)24)8-15(23)21-25-9-11-4-2-1-3-5-11/h1-7,10H,8-9H2,(H,21,23). The maximum atomic E-state index is 12.4. The van der Waals surface area contributed by atoms with Gasteiger partial charge in [-0.2, -0.15) is 0 Å². The number of rotatable bonds is 5. The summed E-state index contributed by atoms with van der Waals surface area (Å²) in [5, 5.41) is 0.852. The second kappa shape index (κ2) is 7.65. The van der Waals surface area contributed by atoms with Gasteiger partial charge >= 0.3 is 0 Å². The summed E-state index contributed by atoms with van der Waals surface area (Å²) in [4.78, 5) is 33.7. The Morgan fingerprint density at radius 1 is 1.20 bits per heavy atom. The average Bonchev–Trinajstić information content (AvgIpc) is 2.59. The molecule has 128 valence electrons. The van der Waals surface area contributed by atoms with E-state index in [-0.39, 0.29) is 23.6 Å². The van der Waals surface area contributed by atoms with Crippen LogP contribution in [0, 0.1) is 0 Å². The minimum Gasteiger partial charge on any atom is -0.289 e. The van der Waals surface area contributed by atoms with Crippen LogP contribution in [-0.4, -0.2) is 15.5 Å². The van der Waals surface area contributed by atoms with Crippen molar-refractivity contribution in [2.75, 3.05) is 0 Å². The van der Waals surface area contributed by atoms with Gasteiger partial charge in [-0.15, -0.1) is 0 Å². The van der Waals surface area contributed by atoms with Gasteiger partial charge in [-0.1, -0.05) is 53.5 Å². The number of hydrogen-bond acceptors (Lipinski definition) is 4. The van der Waals surface area contributed by atoms with Crippen LogP contribution in [0.5, 0.6) is 0 Å². The summed E-state index contributed by atoms with van der Waals surface area (Å²) in [6.45, 7) is -0.0106. The van der Waals surface area contributed by atoms with Crippen LogP contribution in [-0.2, 0) is 22.8 Å². The van der Waals surface area contributed by atoms with Crippen LogP contribution in [0.15, 0.2) is 53.6 Å². The van der Waals surface area contributed by atoms with E-state index in [1.54, 1.807) is 0 Å². The highest BCUT2D eigenvalue weighted by molar-refractivity contribution is 6.38. The first-order valence-corrected chi connectivity index (χ1v) is 8.09. The van der Waals surface area contributed by atoms with Crippen molar-refractivity contribution in [3.8, 4) is 0 Å². The number of halogens is 2. The molecule has 3 aromatic rings. The number of carbonyl (C=O) groups excluding carboxylic acids is 1. The molecule has 0 saturated heterocycles. The van der Waals surface area contributed by atoms with E-state index in [0.29, 0.717) is 10.5 Å². The number of amides is 1. The Bertz CT molecular complexity index is 974. The Hall–Kier alpha value is -2.41. The molecule has 6 nitrogen and oxygen atoms in total. The molecular formula is C17H13Cl2N3O3. The van der Waals surface area contributed by atoms with Gasteiger partial charge in [0.25, 0.3) is 11.5 Å². The summed E-state index contributed by atoms with van der Waals surface area (Å²) in [6.07, 6.45) is 1.27. The molecule has 25 heavy (non-hydrogen) atoms. The van der Waals surface area contributed by atoms with Crippen molar-refractivity contribution < 1.29 is 9.63 Å². The Balaban J connectivity index is 1.69. The van der Waals surface area contributed by atoms with Gasteiger partial charge in [-0.25, -0.2) is 10.5 Å². The number of benzene rings is 2. The molecule has 1 amide bonds. The van der Waals surface area contributed by atoms with Crippen molar-refractivity contribution in [1.82, 2.24) is 15.0 Å². The fourth-order valence-corrected chi connectivity index (χ4v) is 2.81. The van der Waals surface area contributed by atoms with E-state index in [9.17, 15) is 9.59 Å². The van der Waals surface area contributed by atoms with E-state index in [1.807, 2.05) is 30.3 Å². The van der Waals surface area contributed by atoms with Gasteiger partial charge in [0.15, 0.2) is 0 Å². The predicted molar refractivity (Wildman–Crippen MR) is 95.4 cm³/mol. The summed E-state index contributed by atoms with van der Waals surface area (Å²) in [5.74, 6) is -0.479. The first kappa shape index (κ1) is 17.4. The fraction of sp³-hybridized carbons (Fsp3) is 0.118. The van der Waals surface area contributed by atoms with Gasteiger partial charge in [-0.3, -0.25) is 19.0 Å². The number of hydrogen-bond donors (Lipinski definition) is 1. The van der Waals surface area contributed by atoms with Crippen molar-refractivity contribution in [1.29, 1.82) is 0 Å². The van der Waals surface area contributed by atoms with Crippen LogP contribution in [0.3, 0.4) is 0 Å². The molecule has 0 aliphatic carbocycles. The molecule has 0 aliphatic heterocycles. The summed E-state index contributed by atoms with van der Waals surface area (Å²) in [7, 11) is 0. The summed E-state index contributed by atoms with van der Waals surface area (Å²) in [6, 6.07) is 12.4. The molecule has 1 aromatic heterocycles. The lowest BCUT2D eigenvalue weighted by molar-refractivity contribution is -0.135. The third-order valence-electron chi connectivity index (χ3n) is 3.43. The number of carbonyl (C=O) groups is 1. The first-order valence-electron chi connectivity index (χ1n) is 7.33. The van der Waals surface area contributed by atoms with Gasteiger partial charge in [0.2, 0.25) is 0 Å². The first-order chi connectivity index (χ1) is 12.0. The number of hydroxylamine groups is 1. The summed E-state index contributed by atoms with van der Waals surface area (Å²) >= 11 is 11.9. The Kier molecular flexibility index (Phi) is 5.33. The van der Waals surface area contributed by atoms with Crippen LogP contribution in [0.4, 0.5) is 0 Å². The molecule has 3 rings (SSSR count). The predicted octanol–water partition coefficient (Wildman–Crippen LogP) is 2.95. The van der Waals surface area contributed by atoms with Crippen molar-refractivity contribution in [2.24, 2.45) is 0 Å². The third kappa shape index (κ3) is 4.17. The molecule has 0 unspecified atom stereocenters. The van der Waals surface area contributed by atoms with Crippen LogP contribution in [0.25, 0.3) is 10.9 Å². The second-order valence-electron chi connectivity index (χ2n) is 5.26. The zero-order valence-corrected chi connectivity index (χ0v) is 14.4. The van der Waals surface area contributed by atoms with Gasteiger partial charge in [0.05, 0.1) is 28.9 Å². The largest absolute Gasteiger partial charge is 0.289 e.